The summed E-state index contributed by atoms with van der Waals surface area (Å²) in [5.41, 5.74) is 5.91. The van der Waals surface area contributed by atoms with Gasteiger partial charge in [-0.25, -0.2) is 0 Å². The topological polar surface area (TPSA) is 76.7 Å². The number of hydrazine groups is 1. The summed E-state index contributed by atoms with van der Waals surface area (Å²) in [6.45, 7) is 3.05. The SMILES string of the molecule is Cc1cccc(OCCCC(=O)NNC(=O)C2CCCO2)c1. The highest BCUT2D eigenvalue weighted by molar-refractivity contribution is 5.84. The molecule has 1 aliphatic heterocycles. The van der Waals surface area contributed by atoms with E-state index in [1.54, 1.807) is 0 Å². The van der Waals surface area contributed by atoms with Crippen molar-refractivity contribution in [2.24, 2.45) is 0 Å². The Labute approximate surface area is 130 Å². The van der Waals surface area contributed by atoms with E-state index in [1.165, 1.54) is 0 Å². The molecule has 1 fully saturated rings. The summed E-state index contributed by atoms with van der Waals surface area (Å²) < 4.78 is 10.8. The molecule has 0 aliphatic carbocycles. The van der Waals surface area contributed by atoms with Gasteiger partial charge in [-0.2, -0.15) is 0 Å². The fourth-order valence-corrected chi connectivity index (χ4v) is 2.19. The molecule has 1 unspecified atom stereocenters. The third-order valence-electron chi connectivity index (χ3n) is 3.35. The van der Waals surface area contributed by atoms with Crippen molar-refractivity contribution in [2.75, 3.05) is 13.2 Å². The standard InChI is InChI=1S/C16H22N2O4/c1-12-5-2-6-13(11-12)21-9-4-8-15(19)17-18-16(20)14-7-3-10-22-14/h2,5-6,11,14H,3-4,7-10H2,1H3,(H,17,19)(H,18,20). The minimum atomic E-state index is -0.440. The van der Waals surface area contributed by atoms with Crippen LogP contribution >= 0.6 is 0 Å². The Morgan fingerprint density at radius 2 is 2.23 bits per heavy atom. The lowest BCUT2D eigenvalue weighted by atomic mass is 10.2. The summed E-state index contributed by atoms with van der Waals surface area (Å²) in [4.78, 5) is 23.2. The maximum atomic E-state index is 11.6. The van der Waals surface area contributed by atoms with E-state index in [2.05, 4.69) is 10.9 Å². The largest absolute Gasteiger partial charge is 0.494 e. The molecule has 2 rings (SSSR count). The van der Waals surface area contributed by atoms with Crippen molar-refractivity contribution in [1.29, 1.82) is 0 Å². The molecule has 1 heterocycles. The first-order valence-electron chi connectivity index (χ1n) is 7.55. The molecule has 0 spiro atoms. The van der Waals surface area contributed by atoms with Crippen LogP contribution in [-0.2, 0) is 14.3 Å². The normalized spacial score (nSPS) is 17.0. The number of benzene rings is 1. The number of nitrogens with one attached hydrogen (secondary N) is 2. The number of amides is 2. The highest BCUT2D eigenvalue weighted by atomic mass is 16.5. The van der Waals surface area contributed by atoms with Crippen molar-refractivity contribution in [1.82, 2.24) is 10.9 Å². The Kier molecular flexibility index (Phi) is 6.21. The smallest absolute Gasteiger partial charge is 0.267 e. The number of ether oxygens (including phenoxy) is 2. The van der Waals surface area contributed by atoms with E-state index in [1.807, 2.05) is 31.2 Å². The molecular formula is C16H22N2O4. The van der Waals surface area contributed by atoms with E-state index in [9.17, 15) is 9.59 Å². The summed E-state index contributed by atoms with van der Waals surface area (Å²) in [5.74, 6) is 0.271. The first-order chi connectivity index (χ1) is 10.6. The van der Waals surface area contributed by atoms with E-state index < -0.39 is 6.10 Å². The van der Waals surface area contributed by atoms with E-state index in [0.717, 1.165) is 17.7 Å². The highest BCUT2D eigenvalue weighted by Crippen LogP contribution is 2.13. The second kappa shape index (κ2) is 8.38. The number of rotatable bonds is 6. The lowest BCUT2D eigenvalue weighted by molar-refractivity contribution is -0.134. The number of hydrogen-bond donors (Lipinski definition) is 2. The fourth-order valence-electron chi connectivity index (χ4n) is 2.19. The van der Waals surface area contributed by atoms with Gasteiger partial charge in [0.05, 0.1) is 6.61 Å². The second-order valence-corrected chi connectivity index (χ2v) is 5.31. The van der Waals surface area contributed by atoms with Crippen LogP contribution in [0.2, 0.25) is 0 Å². The van der Waals surface area contributed by atoms with Gasteiger partial charge in [-0.15, -0.1) is 0 Å². The van der Waals surface area contributed by atoms with E-state index in [0.29, 0.717) is 26.1 Å². The lowest BCUT2D eigenvalue weighted by Gasteiger charge is -2.11. The molecule has 1 aromatic carbocycles. The van der Waals surface area contributed by atoms with Crippen molar-refractivity contribution in [2.45, 2.75) is 38.7 Å². The maximum absolute atomic E-state index is 11.6. The molecule has 2 N–H and O–H groups in total. The predicted molar refractivity (Wildman–Crippen MR) is 81.2 cm³/mol. The van der Waals surface area contributed by atoms with Crippen LogP contribution < -0.4 is 15.6 Å². The minimum Gasteiger partial charge on any atom is -0.494 e. The summed E-state index contributed by atoms with van der Waals surface area (Å²) in [6.07, 6.45) is 2.01. The zero-order valence-corrected chi connectivity index (χ0v) is 12.8. The third kappa shape index (κ3) is 5.37. The average molecular weight is 306 g/mol. The van der Waals surface area contributed by atoms with Crippen LogP contribution in [0, 0.1) is 6.92 Å². The van der Waals surface area contributed by atoms with Crippen molar-refractivity contribution in [3.63, 3.8) is 0 Å². The molecular weight excluding hydrogens is 284 g/mol. The number of carbonyl (C=O) groups is 2. The highest BCUT2D eigenvalue weighted by Gasteiger charge is 2.23. The molecule has 22 heavy (non-hydrogen) atoms. The summed E-state index contributed by atoms with van der Waals surface area (Å²) in [6, 6.07) is 7.76. The summed E-state index contributed by atoms with van der Waals surface area (Å²) in [7, 11) is 0. The molecule has 1 aromatic rings. The molecule has 1 aliphatic rings. The maximum Gasteiger partial charge on any atom is 0.267 e. The van der Waals surface area contributed by atoms with Crippen molar-refractivity contribution in [3.05, 3.63) is 29.8 Å². The predicted octanol–water partition coefficient (Wildman–Crippen LogP) is 1.48. The van der Waals surface area contributed by atoms with E-state index in [-0.39, 0.29) is 18.2 Å². The van der Waals surface area contributed by atoms with E-state index in [4.69, 9.17) is 9.47 Å². The fraction of sp³-hybridized carbons (Fsp3) is 0.500. The zero-order chi connectivity index (χ0) is 15.8. The first kappa shape index (κ1) is 16.3. The van der Waals surface area contributed by atoms with Gasteiger partial charge in [-0.3, -0.25) is 20.4 Å². The van der Waals surface area contributed by atoms with Crippen LogP contribution in [-0.4, -0.2) is 31.1 Å². The third-order valence-corrected chi connectivity index (χ3v) is 3.35. The zero-order valence-electron chi connectivity index (χ0n) is 12.8. The van der Waals surface area contributed by atoms with Crippen molar-refractivity contribution < 1.29 is 19.1 Å². The van der Waals surface area contributed by atoms with Gasteiger partial charge >= 0.3 is 0 Å². The Balaban J connectivity index is 1.56. The van der Waals surface area contributed by atoms with Gasteiger partial charge in [0.25, 0.3) is 5.91 Å². The quantitative estimate of drug-likeness (QED) is 0.616. The lowest BCUT2D eigenvalue weighted by Crippen LogP contribution is -2.46. The molecule has 0 bridgehead atoms. The van der Waals surface area contributed by atoms with Crippen LogP contribution in [0.15, 0.2) is 24.3 Å². The molecule has 6 heteroatoms. The summed E-state index contributed by atoms with van der Waals surface area (Å²) in [5, 5.41) is 0. The Bertz CT molecular complexity index is 513. The molecule has 0 radical (unpaired) electrons. The first-order valence-corrected chi connectivity index (χ1v) is 7.55. The van der Waals surface area contributed by atoms with Gasteiger partial charge in [-0.05, 0) is 43.9 Å². The number of carbonyl (C=O) groups excluding carboxylic acids is 2. The monoisotopic (exact) mass is 306 g/mol. The van der Waals surface area contributed by atoms with Gasteiger partial charge in [-0.1, -0.05) is 12.1 Å². The average Bonchev–Trinajstić information content (AvgIpc) is 3.04. The van der Waals surface area contributed by atoms with Crippen LogP contribution in [0.1, 0.15) is 31.2 Å². The van der Waals surface area contributed by atoms with Gasteiger partial charge in [0.2, 0.25) is 5.91 Å². The molecule has 0 aromatic heterocycles. The van der Waals surface area contributed by atoms with Crippen LogP contribution in [0.5, 0.6) is 5.75 Å². The van der Waals surface area contributed by atoms with Gasteiger partial charge in [0, 0.05) is 13.0 Å². The Morgan fingerprint density at radius 1 is 1.36 bits per heavy atom. The number of hydrogen-bond acceptors (Lipinski definition) is 4. The Morgan fingerprint density at radius 3 is 2.95 bits per heavy atom. The van der Waals surface area contributed by atoms with Crippen LogP contribution in [0.25, 0.3) is 0 Å². The molecule has 0 saturated carbocycles. The summed E-state index contributed by atoms with van der Waals surface area (Å²) >= 11 is 0. The Hall–Kier alpha value is -2.08. The van der Waals surface area contributed by atoms with Crippen molar-refractivity contribution in [3.8, 4) is 5.75 Å². The van der Waals surface area contributed by atoms with Gasteiger partial charge in [0.15, 0.2) is 0 Å². The van der Waals surface area contributed by atoms with Gasteiger partial charge in [0.1, 0.15) is 11.9 Å². The minimum absolute atomic E-state index is 0.237. The molecule has 1 saturated heterocycles. The van der Waals surface area contributed by atoms with Crippen LogP contribution in [0.3, 0.4) is 0 Å². The molecule has 2 amide bonds. The second-order valence-electron chi connectivity index (χ2n) is 5.31. The van der Waals surface area contributed by atoms with Crippen molar-refractivity contribution >= 4 is 11.8 Å². The van der Waals surface area contributed by atoms with Gasteiger partial charge < -0.3 is 9.47 Å². The number of aryl methyl sites for hydroxylation is 1. The molecule has 6 nitrogen and oxygen atoms in total. The molecule has 120 valence electrons. The van der Waals surface area contributed by atoms with E-state index >= 15 is 0 Å². The van der Waals surface area contributed by atoms with Crippen LogP contribution in [0.4, 0.5) is 0 Å². The molecule has 1 atom stereocenters.